The highest BCUT2D eigenvalue weighted by Crippen LogP contribution is 2.31. The predicted octanol–water partition coefficient (Wildman–Crippen LogP) is 1.85. The molecule has 8 nitrogen and oxygen atoms in total. The second-order valence-corrected chi connectivity index (χ2v) is 7.83. The van der Waals surface area contributed by atoms with E-state index < -0.39 is 10.0 Å². The van der Waals surface area contributed by atoms with Crippen molar-refractivity contribution in [1.29, 1.82) is 0 Å². The summed E-state index contributed by atoms with van der Waals surface area (Å²) in [5.41, 5.74) is 1.99. The van der Waals surface area contributed by atoms with Gasteiger partial charge in [0.25, 0.3) is 5.56 Å². The van der Waals surface area contributed by atoms with E-state index in [9.17, 15) is 13.2 Å². The molecule has 3 N–H and O–H groups in total. The van der Waals surface area contributed by atoms with Crippen LogP contribution in [-0.4, -0.2) is 28.2 Å². The molecule has 0 bridgehead atoms. The number of rotatable bonds is 3. The minimum absolute atomic E-state index is 0.103. The minimum Gasteiger partial charge on any atom is -0.291 e. The molecule has 3 aromatic rings. The first-order valence-electron chi connectivity index (χ1n) is 7.55. The molecule has 0 saturated heterocycles. The Bertz CT molecular complexity index is 1180. The summed E-state index contributed by atoms with van der Waals surface area (Å²) in [6.07, 6.45) is 0. The largest absolute Gasteiger partial charge is 0.291 e. The molecule has 0 spiro atoms. The van der Waals surface area contributed by atoms with Crippen LogP contribution in [0.3, 0.4) is 0 Å². The van der Waals surface area contributed by atoms with Crippen LogP contribution in [0.1, 0.15) is 17.0 Å². The van der Waals surface area contributed by atoms with Gasteiger partial charge in [-0.1, -0.05) is 11.6 Å². The average molecular weight is 394 g/mol. The van der Waals surface area contributed by atoms with Crippen molar-refractivity contribution in [3.63, 3.8) is 0 Å². The maximum Gasteiger partial charge on any atom is 0.255 e. The Morgan fingerprint density at radius 2 is 1.88 bits per heavy atom. The molecule has 10 heteroatoms. The number of hydrogen-bond acceptors (Lipinski definition) is 5. The summed E-state index contributed by atoms with van der Waals surface area (Å²) >= 11 is 6.05. The van der Waals surface area contributed by atoms with Crippen LogP contribution in [0.4, 0.5) is 0 Å². The number of nitrogens with zero attached hydrogens (tertiary/aromatic N) is 3. The fourth-order valence-corrected chi connectivity index (χ4v) is 3.43. The standard InChI is InChI=1S/C16H16ClN5O3S/c1-8-6-13(12-7-11(17)4-5-14(12)26(18,24)25)22(21-8)16-19-10(3)9(2)15(23)20-16/h4-7H,1-3H3,(H2,18,24,25)(H,19,20,23). The van der Waals surface area contributed by atoms with E-state index in [4.69, 9.17) is 16.7 Å². The van der Waals surface area contributed by atoms with Crippen molar-refractivity contribution in [2.45, 2.75) is 25.7 Å². The number of aryl methyl sites for hydroxylation is 2. The van der Waals surface area contributed by atoms with Gasteiger partial charge in [-0.15, -0.1) is 0 Å². The Kier molecular flexibility index (Phi) is 4.47. The molecule has 26 heavy (non-hydrogen) atoms. The molecule has 1 aromatic carbocycles. The molecule has 0 saturated carbocycles. The maximum absolute atomic E-state index is 12.1. The number of aromatic nitrogens is 4. The van der Waals surface area contributed by atoms with Crippen LogP contribution in [0.2, 0.25) is 5.02 Å². The Morgan fingerprint density at radius 3 is 2.50 bits per heavy atom. The number of nitrogens with one attached hydrogen (secondary N) is 1. The number of halogens is 1. The lowest BCUT2D eigenvalue weighted by Gasteiger charge is -2.11. The van der Waals surface area contributed by atoms with Crippen molar-refractivity contribution in [3.05, 3.63) is 56.6 Å². The van der Waals surface area contributed by atoms with E-state index in [2.05, 4.69) is 15.1 Å². The molecular weight excluding hydrogens is 378 g/mol. The highest BCUT2D eigenvalue weighted by molar-refractivity contribution is 7.89. The van der Waals surface area contributed by atoms with Crippen molar-refractivity contribution in [2.24, 2.45) is 5.14 Å². The normalized spacial score (nSPS) is 11.7. The zero-order valence-corrected chi connectivity index (χ0v) is 15.8. The fourth-order valence-electron chi connectivity index (χ4n) is 2.53. The van der Waals surface area contributed by atoms with Gasteiger partial charge in [-0.05, 0) is 45.0 Å². The molecule has 0 atom stereocenters. The molecule has 0 aliphatic rings. The van der Waals surface area contributed by atoms with Gasteiger partial charge in [0.15, 0.2) is 0 Å². The summed E-state index contributed by atoms with van der Waals surface area (Å²) in [5, 5.41) is 9.99. The van der Waals surface area contributed by atoms with Gasteiger partial charge in [-0.3, -0.25) is 9.78 Å². The zero-order chi connectivity index (χ0) is 19.2. The van der Waals surface area contributed by atoms with Crippen LogP contribution in [0.25, 0.3) is 17.2 Å². The molecule has 3 rings (SSSR count). The van der Waals surface area contributed by atoms with Crippen molar-refractivity contribution < 1.29 is 8.42 Å². The molecule has 0 fully saturated rings. The third-order valence-electron chi connectivity index (χ3n) is 3.94. The average Bonchev–Trinajstić information content (AvgIpc) is 2.92. The minimum atomic E-state index is -4.00. The van der Waals surface area contributed by atoms with E-state index in [-0.39, 0.29) is 22.0 Å². The van der Waals surface area contributed by atoms with Gasteiger partial charge in [0.1, 0.15) is 0 Å². The smallest absolute Gasteiger partial charge is 0.255 e. The molecule has 0 radical (unpaired) electrons. The zero-order valence-electron chi connectivity index (χ0n) is 14.2. The van der Waals surface area contributed by atoms with Gasteiger partial charge in [0.2, 0.25) is 16.0 Å². The lowest BCUT2D eigenvalue weighted by atomic mass is 10.1. The van der Waals surface area contributed by atoms with Crippen molar-refractivity contribution in [1.82, 2.24) is 19.7 Å². The van der Waals surface area contributed by atoms with Gasteiger partial charge in [0, 0.05) is 21.8 Å². The second kappa shape index (κ2) is 6.35. The van der Waals surface area contributed by atoms with Gasteiger partial charge >= 0.3 is 0 Å². The highest BCUT2D eigenvalue weighted by atomic mass is 35.5. The third-order valence-corrected chi connectivity index (χ3v) is 5.14. The topological polar surface area (TPSA) is 124 Å². The summed E-state index contributed by atoms with van der Waals surface area (Å²) in [7, 11) is -4.00. The number of sulfonamides is 1. The summed E-state index contributed by atoms with van der Waals surface area (Å²) in [4.78, 5) is 19.0. The van der Waals surface area contributed by atoms with Crippen LogP contribution in [0.15, 0.2) is 34.0 Å². The molecule has 0 unspecified atom stereocenters. The number of aromatic amines is 1. The molecule has 0 aliphatic heterocycles. The molecule has 0 aliphatic carbocycles. The first kappa shape index (κ1) is 18.3. The Labute approximate surface area is 154 Å². The molecule has 0 amide bonds. The number of nitrogens with two attached hydrogens (primary N) is 1. The fraction of sp³-hybridized carbons (Fsp3) is 0.188. The van der Waals surface area contributed by atoms with E-state index in [1.807, 2.05) is 0 Å². The summed E-state index contributed by atoms with van der Waals surface area (Å²) < 4.78 is 25.3. The maximum atomic E-state index is 12.1. The summed E-state index contributed by atoms with van der Waals surface area (Å²) in [5.74, 6) is 0.168. The molecular formula is C16H16ClN5O3S. The predicted molar refractivity (Wildman–Crippen MR) is 98.0 cm³/mol. The first-order chi connectivity index (χ1) is 12.1. The van der Waals surface area contributed by atoms with Crippen LogP contribution < -0.4 is 10.7 Å². The van der Waals surface area contributed by atoms with Crippen molar-refractivity contribution in [3.8, 4) is 17.2 Å². The van der Waals surface area contributed by atoms with Gasteiger partial charge in [-0.2, -0.15) is 9.78 Å². The Hall–Kier alpha value is -2.49. The lowest BCUT2D eigenvalue weighted by molar-refractivity contribution is 0.598. The Balaban J connectivity index is 2.35. The van der Waals surface area contributed by atoms with E-state index in [1.165, 1.54) is 22.9 Å². The van der Waals surface area contributed by atoms with Crippen LogP contribution in [0, 0.1) is 20.8 Å². The van der Waals surface area contributed by atoms with Crippen molar-refractivity contribution >= 4 is 21.6 Å². The number of primary sulfonamides is 1. The van der Waals surface area contributed by atoms with Gasteiger partial charge in [-0.25, -0.2) is 18.5 Å². The second-order valence-electron chi connectivity index (χ2n) is 5.87. The number of benzene rings is 1. The van der Waals surface area contributed by atoms with Crippen LogP contribution >= 0.6 is 11.6 Å². The lowest BCUT2D eigenvalue weighted by Crippen LogP contribution is -2.19. The third kappa shape index (κ3) is 3.28. The molecule has 2 aromatic heterocycles. The highest BCUT2D eigenvalue weighted by Gasteiger charge is 2.21. The van der Waals surface area contributed by atoms with Crippen LogP contribution in [-0.2, 0) is 10.0 Å². The van der Waals surface area contributed by atoms with Crippen LogP contribution in [0.5, 0.6) is 0 Å². The SMILES string of the molecule is Cc1cc(-c2cc(Cl)ccc2S(N)(=O)=O)n(-c2nc(C)c(C)c(=O)[nH]2)n1. The number of hydrogen-bond donors (Lipinski definition) is 2. The van der Waals surface area contributed by atoms with E-state index in [0.29, 0.717) is 27.7 Å². The van der Waals surface area contributed by atoms with Crippen molar-refractivity contribution in [2.75, 3.05) is 0 Å². The van der Waals surface area contributed by atoms with E-state index >= 15 is 0 Å². The monoisotopic (exact) mass is 393 g/mol. The summed E-state index contributed by atoms with van der Waals surface area (Å²) in [6.45, 7) is 5.11. The molecule has 136 valence electrons. The summed E-state index contributed by atoms with van der Waals surface area (Å²) in [6, 6.07) is 5.91. The van der Waals surface area contributed by atoms with E-state index in [0.717, 1.165) is 0 Å². The quantitative estimate of drug-likeness (QED) is 0.702. The van der Waals surface area contributed by atoms with E-state index in [1.54, 1.807) is 26.8 Å². The van der Waals surface area contributed by atoms with Gasteiger partial charge in [0.05, 0.1) is 16.3 Å². The Morgan fingerprint density at radius 1 is 1.19 bits per heavy atom. The number of H-pyrrole nitrogens is 1. The first-order valence-corrected chi connectivity index (χ1v) is 9.47. The molecule has 2 heterocycles. The van der Waals surface area contributed by atoms with Gasteiger partial charge < -0.3 is 0 Å².